The molecule has 0 atom stereocenters. The molecule has 0 N–H and O–H groups in total. The lowest BCUT2D eigenvalue weighted by Crippen LogP contribution is -2.28. The van der Waals surface area contributed by atoms with Gasteiger partial charge in [-0.15, -0.1) is 6.42 Å². The summed E-state index contributed by atoms with van der Waals surface area (Å²) in [7, 11) is 1.62. The topological polar surface area (TPSA) is 51.1 Å². The molecule has 1 amide bonds. The van der Waals surface area contributed by atoms with Gasteiger partial charge in [0.1, 0.15) is 18.1 Å². The molecule has 3 rings (SSSR count). The molecule has 0 unspecified atom stereocenters. The van der Waals surface area contributed by atoms with Gasteiger partial charge in [-0.3, -0.25) is 9.69 Å². The summed E-state index contributed by atoms with van der Waals surface area (Å²) in [5, 5.41) is 0.644. The van der Waals surface area contributed by atoms with Crippen LogP contribution in [0.15, 0.2) is 55.2 Å². The zero-order valence-corrected chi connectivity index (χ0v) is 20.3. The van der Waals surface area contributed by atoms with Crippen LogP contribution in [0.5, 0.6) is 11.5 Å². The van der Waals surface area contributed by atoms with Crippen LogP contribution in [-0.4, -0.2) is 36.2 Å². The number of nitrogens with zero attached hydrogens (tertiary/aromatic N) is 2. The third-order valence-electron chi connectivity index (χ3n) is 4.12. The molecular formula is C22H18Br2N2O3S. The number of carbonyl (C=O) groups is 1. The van der Waals surface area contributed by atoms with Crippen molar-refractivity contribution < 1.29 is 14.3 Å². The van der Waals surface area contributed by atoms with Crippen molar-refractivity contribution in [3.63, 3.8) is 0 Å². The van der Waals surface area contributed by atoms with Crippen LogP contribution in [0.25, 0.3) is 6.08 Å². The number of rotatable bonds is 6. The van der Waals surface area contributed by atoms with Gasteiger partial charge in [0.05, 0.1) is 26.6 Å². The van der Waals surface area contributed by atoms with E-state index in [1.807, 2.05) is 49.4 Å². The minimum Gasteiger partial charge on any atom is -0.497 e. The second-order valence-corrected chi connectivity index (χ2v) is 8.78. The molecule has 0 radical (unpaired) electrons. The van der Waals surface area contributed by atoms with E-state index in [4.69, 9.17) is 15.9 Å². The Morgan fingerprint density at radius 1 is 1.23 bits per heavy atom. The van der Waals surface area contributed by atoms with Crippen molar-refractivity contribution in [1.29, 1.82) is 0 Å². The summed E-state index contributed by atoms with van der Waals surface area (Å²) in [5.41, 5.74) is 1.60. The van der Waals surface area contributed by atoms with Crippen LogP contribution in [-0.2, 0) is 4.79 Å². The Kier molecular flexibility index (Phi) is 7.64. The Bertz CT molecular complexity index is 1040. The molecule has 0 bridgehead atoms. The Morgan fingerprint density at radius 2 is 1.90 bits per heavy atom. The van der Waals surface area contributed by atoms with Crippen molar-refractivity contribution in [2.24, 2.45) is 4.99 Å². The predicted molar refractivity (Wildman–Crippen MR) is 129 cm³/mol. The third-order valence-corrected chi connectivity index (χ3v) is 6.30. The number of thioether (sulfide) groups is 1. The van der Waals surface area contributed by atoms with Gasteiger partial charge >= 0.3 is 0 Å². The van der Waals surface area contributed by atoms with E-state index in [0.29, 0.717) is 22.4 Å². The monoisotopic (exact) mass is 548 g/mol. The minimum atomic E-state index is -0.0744. The molecule has 1 aliphatic heterocycles. The molecule has 1 fully saturated rings. The highest BCUT2D eigenvalue weighted by molar-refractivity contribution is 9.11. The van der Waals surface area contributed by atoms with Crippen molar-refractivity contribution in [1.82, 2.24) is 4.90 Å². The number of halogens is 2. The molecular weight excluding hydrogens is 532 g/mol. The van der Waals surface area contributed by atoms with Crippen molar-refractivity contribution in [2.75, 3.05) is 20.3 Å². The molecule has 0 aromatic heterocycles. The predicted octanol–water partition coefficient (Wildman–Crippen LogP) is 5.86. The lowest BCUT2D eigenvalue weighted by molar-refractivity contribution is -0.122. The molecule has 5 nitrogen and oxygen atoms in total. The van der Waals surface area contributed by atoms with Gasteiger partial charge in [-0.1, -0.05) is 5.92 Å². The maximum atomic E-state index is 12.9. The lowest BCUT2D eigenvalue weighted by atomic mass is 10.2. The second kappa shape index (κ2) is 10.2. The SMILES string of the molecule is C#CCOc1c(Br)cc(/C=C2/SC(=Nc3ccc(OC)cc3)N(CC)C2=O)cc1Br. The van der Waals surface area contributed by atoms with Crippen LogP contribution in [0, 0.1) is 12.3 Å². The van der Waals surface area contributed by atoms with E-state index in [1.54, 1.807) is 12.0 Å². The summed E-state index contributed by atoms with van der Waals surface area (Å²) in [6.07, 6.45) is 7.10. The summed E-state index contributed by atoms with van der Waals surface area (Å²) in [6, 6.07) is 11.2. The van der Waals surface area contributed by atoms with Gasteiger partial charge in [0, 0.05) is 6.54 Å². The second-order valence-electron chi connectivity index (χ2n) is 6.06. The summed E-state index contributed by atoms with van der Waals surface area (Å²) in [4.78, 5) is 19.8. The van der Waals surface area contributed by atoms with E-state index in [9.17, 15) is 4.79 Å². The quantitative estimate of drug-likeness (QED) is 0.335. The largest absolute Gasteiger partial charge is 0.497 e. The van der Waals surface area contributed by atoms with Crippen molar-refractivity contribution in [3.8, 4) is 23.8 Å². The molecule has 1 saturated heterocycles. The van der Waals surface area contributed by atoms with Crippen LogP contribution in [0.2, 0.25) is 0 Å². The highest BCUT2D eigenvalue weighted by Crippen LogP contribution is 2.38. The number of carbonyl (C=O) groups excluding carboxylic acids is 1. The standard InChI is InChI=1S/C22H18Br2N2O3S/c1-4-10-29-20-17(23)11-14(12-18(20)24)13-19-21(27)26(5-2)22(30-19)25-15-6-8-16(28-3)9-7-15/h1,6-9,11-13H,5,10H2,2-3H3/b19-13+,25-22?. The number of terminal acetylenes is 1. The average Bonchev–Trinajstić information content (AvgIpc) is 3.02. The molecule has 2 aromatic rings. The van der Waals surface area contributed by atoms with Crippen LogP contribution in [0.1, 0.15) is 12.5 Å². The van der Waals surface area contributed by atoms with Gasteiger partial charge in [0.2, 0.25) is 0 Å². The zero-order chi connectivity index (χ0) is 21.7. The Balaban J connectivity index is 1.89. The number of hydrogen-bond donors (Lipinski definition) is 0. The number of aliphatic imine (C=N–C) groups is 1. The van der Waals surface area contributed by atoms with Crippen LogP contribution in [0.3, 0.4) is 0 Å². The van der Waals surface area contributed by atoms with E-state index in [-0.39, 0.29) is 12.5 Å². The maximum Gasteiger partial charge on any atom is 0.266 e. The summed E-state index contributed by atoms with van der Waals surface area (Å²) < 4.78 is 12.2. The van der Waals surface area contributed by atoms with E-state index < -0.39 is 0 Å². The molecule has 0 spiro atoms. The van der Waals surface area contributed by atoms with Gasteiger partial charge in [0.15, 0.2) is 5.17 Å². The number of amidine groups is 1. The summed E-state index contributed by atoms with van der Waals surface area (Å²) in [6.45, 7) is 2.63. The lowest BCUT2D eigenvalue weighted by Gasteiger charge is -2.12. The first-order chi connectivity index (χ1) is 14.5. The van der Waals surface area contributed by atoms with Gasteiger partial charge in [-0.25, -0.2) is 4.99 Å². The average molecular weight is 550 g/mol. The Labute approximate surface area is 196 Å². The molecule has 0 saturated carbocycles. The van der Waals surface area contributed by atoms with Crippen molar-refractivity contribution in [2.45, 2.75) is 6.92 Å². The highest BCUT2D eigenvalue weighted by atomic mass is 79.9. The maximum absolute atomic E-state index is 12.9. The molecule has 8 heteroatoms. The molecule has 154 valence electrons. The van der Waals surface area contributed by atoms with Crippen LogP contribution >= 0.6 is 43.6 Å². The smallest absolute Gasteiger partial charge is 0.266 e. The number of ether oxygens (including phenoxy) is 2. The summed E-state index contributed by atoms with van der Waals surface area (Å²) >= 11 is 8.34. The van der Waals surface area contributed by atoms with Crippen molar-refractivity contribution >= 4 is 66.5 Å². The number of amides is 1. The molecule has 30 heavy (non-hydrogen) atoms. The molecule has 1 aliphatic rings. The number of methoxy groups -OCH3 is 1. The normalized spacial score (nSPS) is 16.2. The Morgan fingerprint density at radius 3 is 2.47 bits per heavy atom. The Hall–Kier alpha value is -2.21. The number of likely N-dealkylation sites (N-methyl/N-ethyl adjacent to an activating group) is 1. The van der Waals surface area contributed by atoms with Gasteiger partial charge in [0.25, 0.3) is 5.91 Å². The van der Waals surface area contributed by atoms with Gasteiger partial charge < -0.3 is 9.47 Å². The number of benzene rings is 2. The minimum absolute atomic E-state index is 0.0744. The third kappa shape index (κ3) is 5.09. The van der Waals surface area contributed by atoms with E-state index in [0.717, 1.165) is 25.9 Å². The van der Waals surface area contributed by atoms with Gasteiger partial charge in [-0.2, -0.15) is 0 Å². The van der Waals surface area contributed by atoms with Crippen LogP contribution < -0.4 is 9.47 Å². The fourth-order valence-electron chi connectivity index (χ4n) is 2.70. The highest BCUT2D eigenvalue weighted by Gasteiger charge is 2.32. The molecule has 1 heterocycles. The van der Waals surface area contributed by atoms with Crippen molar-refractivity contribution in [3.05, 3.63) is 55.8 Å². The van der Waals surface area contributed by atoms with E-state index in [1.165, 1.54) is 11.8 Å². The van der Waals surface area contributed by atoms with E-state index >= 15 is 0 Å². The first kappa shape index (κ1) is 22.5. The first-order valence-corrected chi connectivity index (χ1v) is 11.4. The molecule has 0 aliphatic carbocycles. The fraction of sp³-hybridized carbons (Fsp3) is 0.182. The van der Waals surface area contributed by atoms with Gasteiger partial charge in [-0.05, 0) is 98.6 Å². The summed E-state index contributed by atoms with van der Waals surface area (Å²) in [5.74, 6) is 3.75. The van der Waals surface area contributed by atoms with E-state index in [2.05, 4.69) is 42.8 Å². The fourth-order valence-corrected chi connectivity index (χ4v) is 5.22. The number of hydrogen-bond acceptors (Lipinski definition) is 5. The zero-order valence-electron chi connectivity index (χ0n) is 16.3. The molecule has 2 aromatic carbocycles. The first-order valence-electron chi connectivity index (χ1n) is 8.96. The van der Waals surface area contributed by atoms with Crippen LogP contribution in [0.4, 0.5) is 5.69 Å².